The van der Waals surface area contributed by atoms with Crippen LogP contribution < -0.4 is 5.32 Å². The Morgan fingerprint density at radius 3 is 2.31 bits per heavy atom. The van der Waals surface area contributed by atoms with Gasteiger partial charge in [0.15, 0.2) is 28.6 Å². The Kier molecular flexibility index (Phi) is 18.6. The highest BCUT2D eigenvalue weighted by molar-refractivity contribution is 6.01. The van der Waals surface area contributed by atoms with Crippen LogP contribution in [0, 0.1) is 22.7 Å². The van der Waals surface area contributed by atoms with Crippen LogP contribution in [0.1, 0.15) is 125 Å². The van der Waals surface area contributed by atoms with E-state index < -0.39 is 70.5 Å². The number of aliphatic hydroxyl groups is 4. The molecule has 0 radical (unpaired) electrons. The Balaban J connectivity index is 0.000000175. The van der Waals surface area contributed by atoms with Crippen LogP contribution >= 0.6 is 0 Å². The predicted octanol–water partition coefficient (Wildman–Crippen LogP) is 8.77. The first-order valence-electron chi connectivity index (χ1n) is 26.5. The van der Waals surface area contributed by atoms with Gasteiger partial charge in [0.2, 0.25) is 0 Å². The van der Waals surface area contributed by atoms with E-state index in [0.717, 1.165) is 69.2 Å². The second-order valence-corrected chi connectivity index (χ2v) is 21.6. The van der Waals surface area contributed by atoms with Crippen LogP contribution in [0.3, 0.4) is 0 Å². The van der Waals surface area contributed by atoms with E-state index in [1.54, 1.807) is 57.2 Å². The average Bonchev–Trinajstić information content (AvgIpc) is 3.86. The normalized spacial score (nSPS) is 28.3. The number of hydrogen-bond donors (Lipinski definition) is 8. The standard InChI is InChI=1S/C25H37NO4.C24H31FO6.C11H8O3/c27-20-23-18-22(13-14-24(23)28)25(29)19-26-15-7-1-2-8-16-30-17-9-6-12-21-10-4-3-5-11-21;1-20(2)30-19-10-16-15-6-5-13-9-14(27)7-8-21(13,3)23(15,25)17(28)11-22(16,4)24(19,31-20)18(29)12-26;12-10-8-4-2-1-3-7(8)5-6-9(10)11(13)14/h3-5,10-11,13-14,18,25-29H,1-2,6-9,12,15-17,19-20H2;7-9,15-17,19,26,28H,5-6,10-12H2,1-4H3;1-6,12H,(H,13,14)/t;15-,16-,17-,19+,21-,22-,23-,24+;/m.0./s1. The predicted molar refractivity (Wildman–Crippen MR) is 282 cm³/mol. The molecule has 0 amide bonds. The van der Waals surface area contributed by atoms with E-state index in [1.165, 1.54) is 36.3 Å². The smallest absolute Gasteiger partial charge is 0.339 e. The number of benzene rings is 4. The van der Waals surface area contributed by atoms with Crippen LogP contribution in [0.2, 0.25) is 0 Å². The molecule has 15 heteroatoms. The first-order chi connectivity index (χ1) is 35.8. The first-order valence-corrected chi connectivity index (χ1v) is 26.5. The summed E-state index contributed by atoms with van der Waals surface area (Å²) in [6.07, 6.45) is 11.2. The molecule has 4 aliphatic carbocycles. The Labute approximate surface area is 439 Å². The largest absolute Gasteiger partial charge is 0.508 e. The third-order valence-electron chi connectivity index (χ3n) is 16.6. The highest BCUT2D eigenvalue weighted by Crippen LogP contribution is 2.72. The summed E-state index contributed by atoms with van der Waals surface area (Å²) in [7, 11) is 0. The number of alkyl halides is 1. The molecule has 4 aromatic carbocycles. The van der Waals surface area contributed by atoms with Crippen LogP contribution in [0.15, 0.2) is 109 Å². The SMILES string of the molecule is CC1(C)O[C@@H]2C[C@H]3[C@@H]4CCC5=CC(=O)C=C[C@]5(C)[C@@]4(F)[C@@H](O)C[C@]3(C)[C@]2(C(=O)CO)O1.O=C(O)c1ccc2ccccc2c1O.OCc1cc(C(O)CNCCCCCCOCCCCc2ccccc2)ccc1O. The lowest BCUT2D eigenvalue weighted by atomic mass is 9.44. The highest BCUT2D eigenvalue weighted by atomic mass is 19.1. The summed E-state index contributed by atoms with van der Waals surface area (Å²) in [4.78, 5) is 35.8. The maximum atomic E-state index is 17.1. The van der Waals surface area contributed by atoms with E-state index >= 15 is 4.39 Å². The van der Waals surface area contributed by atoms with Crippen molar-refractivity contribution >= 4 is 28.3 Å². The topological polar surface area (TPSA) is 233 Å². The molecular formula is C60H76FNO13. The summed E-state index contributed by atoms with van der Waals surface area (Å²) >= 11 is 0. The molecule has 0 spiro atoms. The number of phenols is 2. The minimum atomic E-state index is -1.98. The molecule has 8 N–H and O–H groups in total. The summed E-state index contributed by atoms with van der Waals surface area (Å²) in [5.74, 6) is -3.69. The van der Waals surface area contributed by atoms with Crippen molar-refractivity contribution in [3.8, 4) is 11.5 Å². The van der Waals surface area contributed by atoms with Crippen LogP contribution in [0.5, 0.6) is 11.5 Å². The molecule has 1 heterocycles. The molecule has 9 rings (SSSR count). The Bertz CT molecular complexity index is 2690. The maximum absolute atomic E-state index is 17.1. The number of ether oxygens (including phenoxy) is 3. The van der Waals surface area contributed by atoms with E-state index in [4.69, 9.17) is 19.3 Å². The van der Waals surface area contributed by atoms with Crippen molar-refractivity contribution in [2.45, 2.75) is 140 Å². The van der Waals surface area contributed by atoms with Gasteiger partial charge in [-0.1, -0.05) is 98.1 Å². The molecular weight excluding hydrogens is 962 g/mol. The monoisotopic (exact) mass is 1040 g/mol. The Hall–Kier alpha value is -5.36. The number of carboxylic acids is 1. The summed E-state index contributed by atoms with van der Waals surface area (Å²) in [5, 5.41) is 73.2. The zero-order valence-corrected chi connectivity index (χ0v) is 43.7. The fourth-order valence-corrected chi connectivity index (χ4v) is 12.7. The van der Waals surface area contributed by atoms with E-state index in [1.807, 2.05) is 19.1 Å². The molecule has 406 valence electrons. The number of fused-ring (bicyclic) bond motifs is 8. The summed E-state index contributed by atoms with van der Waals surface area (Å²) in [6, 6.07) is 25.6. The van der Waals surface area contributed by atoms with Crippen LogP contribution in [0.25, 0.3) is 10.8 Å². The van der Waals surface area contributed by atoms with Gasteiger partial charge in [-0.25, -0.2) is 9.18 Å². The molecule has 75 heavy (non-hydrogen) atoms. The number of halogens is 1. The first kappa shape index (κ1) is 57.3. The molecule has 9 atom stereocenters. The third kappa shape index (κ3) is 11.8. The number of aromatic hydroxyl groups is 2. The van der Waals surface area contributed by atoms with Crippen molar-refractivity contribution in [1.82, 2.24) is 5.32 Å². The molecule has 1 aliphatic heterocycles. The Morgan fingerprint density at radius 2 is 1.59 bits per heavy atom. The number of hydrogen-bond acceptors (Lipinski definition) is 13. The molecule has 4 fully saturated rings. The number of carbonyl (C=O) groups excluding carboxylic acids is 2. The van der Waals surface area contributed by atoms with Crippen molar-refractivity contribution in [3.05, 3.63) is 131 Å². The van der Waals surface area contributed by atoms with Gasteiger partial charge in [-0.2, -0.15) is 0 Å². The van der Waals surface area contributed by atoms with Crippen LogP contribution in [0.4, 0.5) is 4.39 Å². The van der Waals surface area contributed by atoms with Gasteiger partial charge in [-0.15, -0.1) is 0 Å². The lowest BCUT2D eigenvalue weighted by Gasteiger charge is -2.62. The van der Waals surface area contributed by atoms with Gasteiger partial charge in [-0.05, 0) is 138 Å². The number of carbonyl (C=O) groups is 3. The fraction of sp³-hybridized carbons (Fsp3) is 0.517. The number of aromatic carboxylic acids is 1. The lowest BCUT2D eigenvalue weighted by Crippen LogP contribution is -2.70. The summed E-state index contributed by atoms with van der Waals surface area (Å²) in [6.45, 7) is 9.19. The van der Waals surface area contributed by atoms with Gasteiger partial charge < -0.3 is 55.3 Å². The molecule has 0 bridgehead atoms. The van der Waals surface area contributed by atoms with Crippen molar-refractivity contribution in [3.63, 3.8) is 0 Å². The molecule has 3 saturated carbocycles. The zero-order chi connectivity index (χ0) is 54.2. The number of nitrogens with one attached hydrogen (secondary N) is 1. The highest BCUT2D eigenvalue weighted by Gasteiger charge is 2.80. The number of aryl methyl sites for hydroxylation is 1. The van der Waals surface area contributed by atoms with E-state index in [-0.39, 0.29) is 41.8 Å². The average molecular weight is 1040 g/mol. The fourth-order valence-electron chi connectivity index (χ4n) is 12.7. The van der Waals surface area contributed by atoms with Gasteiger partial charge in [0.05, 0.1) is 24.9 Å². The number of rotatable bonds is 19. The minimum absolute atomic E-state index is 0.0109. The van der Waals surface area contributed by atoms with E-state index in [0.29, 0.717) is 42.3 Å². The van der Waals surface area contributed by atoms with Gasteiger partial charge in [0.1, 0.15) is 23.7 Å². The van der Waals surface area contributed by atoms with Crippen molar-refractivity contribution < 1.29 is 68.7 Å². The van der Waals surface area contributed by atoms with Crippen molar-refractivity contribution in [1.29, 1.82) is 0 Å². The number of Topliss-reactive ketones (excluding diaryl/α,β-unsaturated/α-hetero) is 1. The summed E-state index contributed by atoms with van der Waals surface area (Å²) < 4.78 is 35.2. The third-order valence-corrected chi connectivity index (χ3v) is 16.6. The van der Waals surface area contributed by atoms with Gasteiger partial charge in [-0.3, -0.25) is 9.59 Å². The molecule has 5 aliphatic rings. The number of ketones is 2. The van der Waals surface area contributed by atoms with Crippen molar-refractivity contribution in [2.75, 3.05) is 32.9 Å². The minimum Gasteiger partial charge on any atom is -0.508 e. The molecule has 14 nitrogen and oxygen atoms in total. The van der Waals surface area contributed by atoms with Crippen molar-refractivity contribution in [2.24, 2.45) is 22.7 Å². The molecule has 1 unspecified atom stereocenters. The molecule has 1 saturated heterocycles. The maximum Gasteiger partial charge on any atom is 0.339 e. The zero-order valence-electron chi connectivity index (χ0n) is 43.7. The van der Waals surface area contributed by atoms with E-state index in [2.05, 4.69) is 35.6 Å². The second kappa shape index (κ2) is 24.3. The number of unbranched alkanes of at least 4 members (excludes halogenated alkanes) is 4. The molecule has 4 aromatic rings. The Morgan fingerprint density at radius 1 is 0.880 bits per heavy atom. The number of aliphatic hydroxyl groups excluding tert-OH is 4. The van der Waals surface area contributed by atoms with Gasteiger partial charge in [0, 0.05) is 47.5 Å². The van der Waals surface area contributed by atoms with Crippen LogP contribution in [-0.4, -0.2) is 115 Å². The van der Waals surface area contributed by atoms with E-state index in [9.17, 15) is 45.0 Å². The van der Waals surface area contributed by atoms with Gasteiger partial charge >= 0.3 is 5.97 Å². The molecule has 0 aromatic heterocycles. The van der Waals surface area contributed by atoms with Crippen LogP contribution in [-0.2, 0) is 36.8 Å². The quantitative estimate of drug-likeness (QED) is 0.0411. The van der Waals surface area contributed by atoms with Gasteiger partial charge in [0.25, 0.3) is 0 Å². The second-order valence-electron chi connectivity index (χ2n) is 21.6. The lowest BCUT2D eigenvalue weighted by molar-refractivity contribution is -0.246. The number of carboxylic acid groups (broad SMARTS) is 1. The number of allylic oxidation sites excluding steroid dienone is 4. The summed E-state index contributed by atoms with van der Waals surface area (Å²) in [5.41, 5.74) is -2.19.